The number of Topliss-reactive ketones (excluding diaryl/α,β-unsaturated/α-hetero) is 1. The van der Waals surface area contributed by atoms with Gasteiger partial charge in [-0.2, -0.15) is 0 Å². The minimum atomic E-state index is -0.301. The van der Waals surface area contributed by atoms with Gasteiger partial charge < -0.3 is 10.6 Å². The summed E-state index contributed by atoms with van der Waals surface area (Å²) in [5, 5.41) is 6.16. The van der Waals surface area contributed by atoms with Crippen molar-refractivity contribution in [1.82, 2.24) is 4.98 Å². The Hall–Kier alpha value is -3.47. The third-order valence-electron chi connectivity index (χ3n) is 4.49. The van der Waals surface area contributed by atoms with Crippen LogP contribution in [0.2, 0.25) is 0 Å². The Morgan fingerprint density at radius 2 is 1.46 bits per heavy atom. The summed E-state index contributed by atoms with van der Waals surface area (Å²) in [5.41, 5.74) is 6.95. The number of benzene rings is 2. The number of anilines is 3. The van der Waals surface area contributed by atoms with Crippen LogP contribution in [0.3, 0.4) is 0 Å². The topological polar surface area (TPSA) is 71.1 Å². The molecule has 0 spiro atoms. The van der Waals surface area contributed by atoms with E-state index in [2.05, 4.69) is 48.5 Å². The van der Waals surface area contributed by atoms with Crippen LogP contribution in [-0.2, 0) is 0 Å². The molecule has 142 valence electrons. The van der Waals surface area contributed by atoms with E-state index in [4.69, 9.17) is 0 Å². The van der Waals surface area contributed by atoms with Crippen LogP contribution < -0.4 is 10.6 Å². The first-order valence-electron chi connectivity index (χ1n) is 9.07. The first kappa shape index (κ1) is 19.3. The number of carbonyl (C=O) groups excluding carboxylic acids is 2. The molecule has 1 aromatic heterocycles. The van der Waals surface area contributed by atoms with Gasteiger partial charge in [-0.3, -0.25) is 9.59 Å². The molecule has 0 radical (unpaired) electrons. The minimum Gasteiger partial charge on any atom is -0.354 e. The highest BCUT2D eigenvalue weighted by atomic mass is 16.2. The van der Waals surface area contributed by atoms with E-state index < -0.39 is 0 Å². The van der Waals surface area contributed by atoms with E-state index in [1.165, 1.54) is 12.5 Å². The maximum Gasteiger partial charge on any atom is 0.274 e. The molecular formula is C23H23N3O2. The van der Waals surface area contributed by atoms with Gasteiger partial charge in [0.25, 0.3) is 5.91 Å². The molecule has 0 fully saturated rings. The molecule has 28 heavy (non-hydrogen) atoms. The van der Waals surface area contributed by atoms with Gasteiger partial charge in [0, 0.05) is 16.9 Å². The average molecular weight is 373 g/mol. The molecule has 5 nitrogen and oxygen atoms in total. The second-order valence-corrected chi connectivity index (χ2v) is 6.92. The number of nitrogens with one attached hydrogen (secondary N) is 2. The van der Waals surface area contributed by atoms with Crippen molar-refractivity contribution in [2.45, 2.75) is 27.7 Å². The Bertz CT molecular complexity index is 1000. The largest absolute Gasteiger partial charge is 0.354 e. The highest BCUT2D eigenvalue weighted by molar-refractivity contribution is 6.03. The quantitative estimate of drug-likeness (QED) is 0.603. The third-order valence-corrected chi connectivity index (χ3v) is 4.49. The summed E-state index contributed by atoms with van der Waals surface area (Å²) in [6.07, 6.45) is 1.65. The highest BCUT2D eigenvalue weighted by Crippen LogP contribution is 2.25. The van der Waals surface area contributed by atoms with E-state index in [1.807, 2.05) is 6.07 Å². The summed E-state index contributed by atoms with van der Waals surface area (Å²) in [4.78, 5) is 28.0. The van der Waals surface area contributed by atoms with E-state index in [-0.39, 0.29) is 11.7 Å². The maximum absolute atomic E-state index is 12.4. The van der Waals surface area contributed by atoms with Crippen LogP contribution in [-0.4, -0.2) is 16.7 Å². The van der Waals surface area contributed by atoms with Gasteiger partial charge in [-0.05, 0) is 75.2 Å². The van der Waals surface area contributed by atoms with Gasteiger partial charge in [-0.25, -0.2) is 4.98 Å². The Labute approximate surface area is 164 Å². The van der Waals surface area contributed by atoms with Crippen molar-refractivity contribution < 1.29 is 9.59 Å². The van der Waals surface area contributed by atoms with Gasteiger partial charge >= 0.3 is 0 Å². The van der Waals surface area contributed by atoms with Crippen molar-refractivity contribution in [2.75, 3.05) is 10.6 Å². The first-order chi connectivity index (χ1) is 13.3. The van der Waals surface area contributed by atoms with Crippen LogP contribution in [0, 0.1) is 20.8 Å². The van der Waals surface area contributed by atoms with Gasteiger partial charge in [0.05, 0.1) is 11.9 Å². The maximum atomic E-state index is 12.4. The summed E-state index contributed by atoms with van der Waals surface area (Å²) >= 11 is 0. The highest BCUT2D eigenvalue weighted by Gasteiger charge is 2.09. The lowest BCUT2D eigenvalue weighted by Crippen LogP contribution is -2.13. The number of pyridine rings is 1. The predicted octanol–water partition coefficient (Wildman–Crippen LogP) is 5.21. The predicted molar refractivity (Wildman–Crippen MR) is 113 cm³/mol. The van der Waals surface area contributed by atoms with Crippen molar-refractivity contribution in [1.29, 1.82) is 0 Å². The number of hydrogen-bond acceptors (Lipinski definition) is 4. The fraction of sp³-hybridized carbons (Fsp3) is 0.174. The molecule has 1 amide bonds. The van der Waals surface area contributed by atoms with Gasteiger partial charge in [0.1, 0.15) is 5.69 Å². The number of rotatable bonds is 5. The number of amides is 1. The van der Waals surface area contributed by atoms with Crippen molar-refractivity contribution in [2.24, 2.45) is 0 Å². The number of aryl methyl sites for hydroxylation is 3. The standard InChI is InChI=1S/C23H23N3O2/c1-14-11-15(2)22(16(3)12-14)25-20-9-10-21(24-13-20)23(28)26-19-7-5-18(6-8-19)17(4)27/h5-13,25H,1-4H3,(H,26,28). The zero-order valence-corrected chi connectivity index (χ0v) is 16.5. The molecule has 0 aliphatic carbocycles. The fourth-order valence-electron chi connectivity index (χ4n) is 3.11. The van der Waals surface area contributed by atoms with Gasteiger partial charge in [0.15, 0.2) is 5.78 Å². The summed E-state index contributed by atoms with van der Waals surface area (Å²) in [6, 6.07) is 14.5. The lowest BCUT2D eigenvalue weighted by molar-refractivity contribution is 0.101. The van der Waals surface area contributed by atoms with Crippen molar-refractivity contribution in [3.63, 3.8) is 0 Å². The lowest BCUT2D eigenvalue weighted by Gasteiger charge is -2.14. The van der Waals surface area contributed by atoms with E-state index >= 15 is 0 Å². The zero-order valence-electron chi connectivity index (χ0n) is 16.5. The second-order valence-electron chi connectivity index (χ2n) is 6.92. The Morgan fingerprint density at radius 1 is 0.857 bits per heavy atom. The molecule has 1 heterocycles. The number of nitrogens with zero attached hydrogens (tertiary/aromatic N) is 1. The van der Waals surface area contributed by atoms with Crippen molar-refractivity contribution >= 4 is 28.8 Å². The molecule has 0 atom stereocenters. The van der Waals surface area contributed by atoms with Crippen LogP contribution in [0.5, 0.6) is 0 Å². The third kappa shape index (κ3) is 4.43. The molecule has 0 aliphatic heterocycles. The van der Waals surface area contributed by atoms with E-state index in [1.54, 1.807) is 36.5 Å². The van der Waals surface area contributed by atoms with Crippen molar-refractivity contribution in [3.8, 4) is 0 Å². The SMILES string of the molecule is CC(=O)c1ccc(NC(=O)c2ccc(Nc3c(C)cc(C)cc3C)cn2)cc1. The molecule has 2 N–H and O–H groups in total. The molecule has 2 aromatic carbocycles. The van der Waals surface area contributed by atoms with Crippen LogP contribution >= 0.6 is 0 Å². The van der Waals surface area contributed by atoms with Crippen molar-refractivity contribution in [3.05, 3.63) is 82.7 Å². The molecule has 3 rings (SSSR count). The molecular weight excluding hydrogens is 350 g/mol. The number of carbonyl (C=O) groups is 2. The summed E-state index contributed by atoms with van der Waals surface area (Å²) < 4.78 is 0. The van der Waals surface area contributed by atoms with Crippen LogP contribution in [0.1, 0.15) is 44.5 Å². The van der Waals surface area contributed by atoms with Gasteiger partial charge in [-0.15, -0.1) is 0 Å². The number of hydrogen-bond donors (Lipinski definition) is 2. The Kier molecular flexibility index (Phi) is 5.54. The van der Waals surface area contributed by atoms with E-state index in [9.17, 15) is 9.59 Å². The van der Waals surface area contributed by atoms with E-state index in [0.717, 1.165) is 22.5 Å². The Morgan fingerprint density at radius 3 is 2.00 bits per heavy atom. The first-order valence-corrected chi connectivity index (χ1v) is 9.07. The van der Waals surface area contributed by atoms with Gasteiger partial charge in [0.2, 0.25) is 0 Å². The normalized spacial score (nSPS) is 10.4. The Balaban J connectivity index is 1.70. The monoisotopic (exact) mass is 373 g/mol. The van der Waals surface area contributed by atoms with E-state index in [0.29, 0.717) is 16.9 Å². The number of aromatic nitrogens is 1. The molecule has 0 unspecified atom stereocenters. The molecule has 0 saturated heterocycles. The fourth-order valence-corrected chi connectivity index (χ4v) is 3.11. The molecule has 3 aromatic rings. The zero-order chi connectivity index (χ0) is 20.3. The number of ketones is 1. The average Bonchev–Trinajstić information content (AvgIpc) is 2.65. The summed E-state index contributed by atoms with van der Waals surface area (Å²) in [5.74, 6) is -0.313. The summed E-state index contributed by atoms with van der Waals surface area (Å²) in [7, 11) is 0. The molecule has 5 heteroatoms. The second kappa shape index (κ2) is 8.05. The van der Waals surface area contributed by atoms with Crippen LogP contribution in [0.15, 0.2) is 54.7 Å². The van der Waals surface area contributed by atoms with Gasteiger partial charge in [-0.1, -0.05) is 17.7 Å². The minimum absolute atomic E-state index is 0.0123. The van der Waals surface area contributed by atoms with Crippen LogP contribution in [0.4, 0.5) is 17.1 Å². The molecule has 0 saturated carbocycles. The van der Waals surface area contributed by atoms with Crippen LogP contribution in [0.25, 0.3) is 0 Å². The smallest absolute Gasteiger partial charge is 0.274 e. The molecule has 0 aliphatic rings. The summed E-state index contributed by atoms with van der Waals surface area (Å²) in [6.45, 7) is 7.71. The molecule has 0 bridgehead atoms. The lowest BCUT2D eigenvalue weighted by atomic mass is 10.0.